The SMILES string of the molecule is CCCCCOc1ccc(C2C(C#N)=C(N)Oc3cc(OC(=O)COc4ccc(Br)cc4)ccc32)cc1. The van der Waals surface area contributed by atoms with Crippen LogP contribution in [-0.2, 0) is 4.79 Å². The number of carbonyl (C=O) groups is 1. The Hall–Kier alpha value is -3.96. The van der Waals surface area contributed by atoms with Crippen molar-refractivity contribution < 1.29 is 23.7 Å². The largest absolute Gasteiger partial charge is 0.494 e. The first-order valence-electron chi connectivity index (χ1n) is 12.0. The van der Waals surface area contributed by atoms with Gasteiger partial charge in [-0.05, 0) is 54.4 Å². The van der Waals surface area contributed by atoms with E-state index in [1.165, 1.54) is 0 Å². The minimum Gasteiger partial charge on any atom is -0.494 e. The van der Waals surface area contributed by atoms with Crippen LogP contribution in [0.1, 0.15) is 43.2 Å². The van der Waals surface area contributed by atoms with Gasteiger partial charge in [0.25, 0.3) is 0 Å². The van der Waals surface area contributed by atoms with Crippen LogP contribution in [0.15, 0.2) is 82.7 Å². The van der Waals surface area contributed by atoms with Crippen LogP contribution >= 0.6 is 15.9 Å². The Morgan fingerprint density at radius 1 is 1.00 bits per heavy atom. The fourth-order valence-electron chi connectivity index (χ4n) is 3.97. The van der Waals surface area contributed by atoms with E-state index in [1.54, 1.807) is 30.3 Å². The Kier molecular flexibility index (Phi) is 8.70. The summed E-state index contributed by atoms with van der Waals surface area (Å²) < 4.78 is 23.4. The van der Waals surface area contributed by atoms with E-state index < -0.39 is 11.9 Å². The highest BCUT2D eigenvalue weighted by Gasteiger charge is 2.31. The van der Waals surface area contributed by atoms with Crippen molar-refractivity contribution >= 4 is 21.9 Å². The van der Waals surface area contributed by atoms with Crippen LogP contribution in [0.2, 0.25) is 0 Å². The third-order valence-electron chi connectivity index (χ3n) is 5.82. The van der Waals surface area contributed by atoms with E-state index in [2.05, 4.69) is 28.9 Å². The molecule has 1 aliphatic heterocycles. The number of benzene rings is 3. The number of nitrogens with two attached hydrogens (primary N) is 1. The number of halogens is 1. The van der Waals surface area contributed by atoms with Gasteiger partial charge < -0.3 is 24.7 Å². The highest BCUT2D eigenvalue weighted by molar-refractivity contribution is 9.10. The summed E-state index contributed by atoms with van der Waals surface area (Å²) in [6.07, 6.45) is 3.27. The van der Waals surface area contributed by atoms with Crippen LogP contribution in [-0.4, -0.2) is 19.2 Å². The molecule has 0 spiro atoms. The second-order valence-electron chi connectivity index (χ2n) is 8.47. The lowest BCUT2D eigenvalue weighted by Crippen LogP contribution is -2.21. The highest BCUT2D eigenvalue weighted by atomic mass is 79.9. The molecule has 0 fully saturated rings. The summed E-state index contributed by atoms with van der Waals surface area (Å²) in [6, 6.07) is 22.0. The Balaban J connectivity index is 1.48. The maximum Gasteiger partial charge on any atom is 0.349 e. The summed E-state index contributed by atoms with van der Waals surface area (Å²) in [5, 5.41) is 9.80. The number of nitrogens with zero attached hydrogens (tertiary/aromatic N) is 1. The Labute approximate surface area is 224 Å². The van der Waals surface area contributed by atoms with Crippen molar-refractivity contribution in [2.45, 2.75) is 32.1 Å². The fourth-order valence-corrected chi connectivity index (χ4v) is 4.24. The first-order valence-corrected chi connectivity index (χ1v) is 12.8. The maximum absolute atomic E-state index is 12.3. The third kappa shape index (κ3) is 6.63. The summed E-state index contributed by atoms with van der Waals surface area (Å²) in [4.78, 5) is 12.3. The molecular formula is C29H27BrN2O5. The Bertz CT molecular complexity index is 1310. The molecule has 0 aliphatic carbocycles. The summed E-state index contributed by atoms with van der Waals surface area (Å²) in [7, 11) is 0. The van der Waals surface area contributed by atoms with Gasteiger partial charge >= 0.3 is 5.97 Å². The zero-order valence-electron chi connectivity index (χ0n) is 20.4. The molecule has 0 saturated carbocycles. The van der Waals surface area contributed by atoms with E-state index in [0.29, 0.717) is 23.7 Å². The van der Waals surface area contributed by atoms with Crippen molar-refractivity contribution in [3.63, 3.8) is 0 Å². The third-order valence-corrected chi connectivity index (χ3v) is 6.35. The van der Waals surface area contributed by atoms with E-state index >= 15 is 0 Å². The van der Waals surface area contributed by atoms with Crippen LogP contribution in [0, 0.1) is 11.3 Å². The molecule has 37 heavy (non-hydrogen) atoms. The smallest absolute Gasteiger partial charge is 0.349 e. The molecule has 1 atom stereocenters. The van der Waals surface area contributed by atoms with E-state index in [9.17, 15) is 10.1 Å². The lowest BCUT2D eigenvalue weighted by atomic mass is 9.83. The molecule has 0 amide bonds. The molecule has 0 saturated heterocycles. The highest BCUT2D eigenvalue weighted by Crippen LogP contribution is 2.43. The molecule has 1 aliphatic rings. The van der Waals surface area contributed by atoms with Crippen LogP contribution in [0.3, 0.4) is 0 Å². The van der Waals surface area contributed by atoms with Gasteiger partial charge in [0.1, 0.15) is 34.6 Å². The molecule has 3 aromatic rings. The van der Waals surface area contributed by atoms with Crippen molar-refractivity contribution in [3.8, 4) is 29.1 Å². The molecule has 1 heterocycles. The predicted octanol–water partition coefficient (Wildman–Crippen LogP) is 6.22. The molecule has 190 valence electrons. The number of esters is 1. The summed E-state index contributed by atoms with van der Waals surface area (Å²) in [5.41, 5.74) is 8.04. The van der Waals surface area contributed by atoms with Crippen molar-refractivity contribution in [2.24, 2.45) is 5.73 Å². The number of fused-ring (bicyclic) bond motifs is 1. The fraction of sp³-hybridized carbons (Fsp3) is 0.241. The molecule has 1 unspecified atom stereocenters. The second kappa shape index (κ2) is 12.3. The normalized spacial score (nSPS) is 14.2. The number of nitriles is 1. The topological polar surface area (TPSA) is 104 Å². The van der Waals surface area contributed by atoms with Crippen molar-refractivity contribution in [3.05, 3.63) is 93.8 Å². The number of unbranched alkanes of at least 4 members (excludes halogenated alkanes) is 2. The predicted molar refractivity (Wildman–Crippen MR) is 142 cm³/mol. The lowest BCUT2D eigenvalue weighted by molar-refractivity contribution is -0.136. The molecule has 0 aromatic heterocycles. The van der Waals surface area contributed by atoms with Gasteiger partial charge in [0.15, 0.2) is 6.61 Å². The van der Waals surface area contributed by atoms with Gasteiger partial charge in [-0.1, -0.05) is 53.9 Å². The molecule has 2 N–H and O–H groups in total. The van der Waals surface area contributed by atoms with Gasteiger partial charge in [-0.2, -0.15) is 5.26 Å². The number of allylic oxidation sites excluding steroid dienone is 1. The molecule has 8 heteroatoms. The summed E-state index contributed by atoms with van der Waals surface area (Å²) in [6.45, 7) is 2.56. The van der Waals surface area contributed by atoms with Gasteiger partial charge in [0.05, 0.1) is 12.5 Å². The van der Waals surface area contributed by atoms with Crippen LogP contribution in [0.5, 0.6) is 23.0 Å². The summed E-state index contributed by atoms with van der Waals surface area (Å²) in [5.74, 6) is 1.05. The monoisotopic (exact) mass is 562 g/mol. The van der Waals surface area contributed by atoms with Gasteiger partial charge in [0.2, 0.25) is 5.88 Å². The molecule has 4 rings (SSSR count). The first-order chi connectivity index (χ1) is 18.0. The first kappa shape index (κ1) is 26.1. The molecule has 0 radical (unpaired) electrons. The lowest BCUT2D eigenvalue weighted by Gasteiger charge is -2.26. The van der Waals surface area contributed by atoms with E-state index in [1.807, 2.05) is 36.4 Å². The molecule has 3 aromatic carbocycles. The maximum atomic E-state index is 12.3. The molecule has 0 bridgehead atoms. The van der Waals surface area contributed by atoms with Crippen LogP contribution < -0.4 is 24.7 Å². The minimum atomic E-state index is -0.564. The zero-order chi connectivity index (χ0) is 26.2. The number of hydrogen-bond acceptors (Lipinski definition) is 7. The Morgan fingerprint density at radius 2 is 1.68 bits per heavy atom. The standard InChI is InChI=1S/C29H27BrN2O5/c1-2-3-4-15-34-21-9-5-19(6-10-21)28-24-14-13-23(16-26(24)37-29(32)25(28)17-31)36-27(33)18-35-22-11-7-20(30)8-12-22/h5-14,16,28H,2-4,15,18,32H2,1H3. The van der Waals surface area contributed by atoms with Gasteiger partial charge in [-0.25, -0.2) is 4.79 Å². The number of carbonyl (C=O) groups excluding carboxylic acids is 1. The van der Waals surface area contributed by atoms with Crippen LogP contribution in [0.25, 0.3) is 0 Å². The number of rotatable bonds is 10. The summed E-state index contributed by atoms with van der Waals surface area (Å²) >= 11 is 3.35. The number of hydrogen-bond donors (Lipinski definition) is 1. The quantitative estimate of drug-likeness (QED) is 0.177. The van der Waals surface area contributed by atoms with E-state index in [0.717, 1.165) is 40.6 Å². The van der Waals surface area contributed by atoms with Gasteiger partial charge in [-0.3, -0.25) is 0 Å². The number of ether oxygens (including phenoxy) is 4. The molecular weight excluding hydrogens is 536 g/mol. The van der Waals surface area contributed by atoms with E-state index in [-0.39, 0.29) is 18.2 Å². The van der Waals surface area contributed by atoms with Gasteiger partial charge in [0, 0.05) is 16.1 Å². The van der Waals surface area contributed by atoms with Crippen molar-refractivity contribution in [1.29, 1.82) is 5.26 Å². The Morgan fingerprint density at radius 3 is 2.38 bits per heavy atom. The van der Waals surface area contributed by atoms with Crippen molar-refractivity contribution in [2.75, 3.05) is 13.2 Å². The van der Waals surface area contributed by atoms with Crippen molar-refractivity contribution in [1.82, 2.24) is 0 Å². The average molecular weight is 563 g/mol. The second-order valence-corrected chi connectivity index (χ2v) is 9.38. The van der Waals surface area contributed by atoms with Gasteiger partial charge in [-0.15, -0.1) is 0 Å². The average Bonchev–Trinajstić information content (AvgIpc) is 2.90. The minimum absolute atomic E-state index is 0.0157. The van der Waals surface area contributed by atoms with E-state index in [4.69, 9.17) is 24.7 Å². The van der Waals surface area contributed by atoms with Crippen LogP contribution in [0.4, 0.5) is 0 Å². The zero-order valence-corrected chi connectivity index (χ0v) is 22.0. The molecule has 7 nitrogen and oxygen atoms in total.